The summed E-state index contributed by atoms with van der Waals surface area (Å²) in [7, 11) is 0. The smallest absolute Gasteiger partial charge is 0.306 e. The van der Waals surface area contributed by atoms with Crippen molar-refractivity contribution in [1.82, 2.24) is 9.47 Å². The van der Waals surface area contributed by atoms with Gasteiger partial charge in [0.25, 0.3) is 5.91 Å². The fraction of sp³-hybridized carbons (Fsp3) is 0.600. The molecule has 0 radical (unpaired) electrons. The van der Waals surface area contributed by atoms with Crippen LogP contribution in [0.3, 0.4) is 0 Å². The monoisotopic (exact) mass is 276 g/mol. The summed E-state index contributed by atoms with van der Waals surface area (Å²) in [5.41, 5.74) is 0.753. The third-order valence-electron chi connectivity index (χ3n) is 4.60. The molecule has 1 aliphatic heterocycles. The van der Waals surface area contributed by atoms with Crippen LogP contribution in [0.15, 0.2) is 18.3 Å². The highest BCUT2D eigenvalue weighted by Gasteiger charge is 2.30. The van der Waals surface area contributed by atoms with E-state index in [0.29, 0.717) is 32.0 Å². The van der Waals surface area contributed by atoms with Crippen molar-refractivity contribution in [2.24, 2.45) is 5.92 Å². The Hall–Kier alpha value is -1.78. The number of hydrogen-bond donors (Lipinski definition) is 1. The summed E-state index contributed by atoms with van der Waals surface area (Å²) in [4.78, 5) is 25.3. The average Bonchev–Trinajstić information content (AvgIpc) is 2.85. The van der Waals surface area contributed by atoms with Gasteiger partial charge in [-0.05, 0) is 44.2 Å². The highest BCUT2D eigenvalue weighted by Crippen LogP contribution is 2.33. The molecule has 3 rings (SSSR count). The average molecular weight is 276 g/mol. The van der Waals surface area contributed by atoms with Crippen molar-refractivity contribution in [3.8, 4) is 0 Å². The number of hydrogen-bond acceptors (Lipinski definition) is 2. The second-order valence-corrected chi connectivity index (χ2v) is 5.79. The molecule has 1 aliphatic carbocycles. The number of aliphatic carboxylic acids is 1. The lowest BCUT2D eigenvalue weighted by molar-refractivity contribution is -0.143. The zero-order valence-electron chi connectivity index (χ0n) is 11.5. The highest BCUT2D eigenvalue weighted by atomic mass is 16.4. The van der Waals surface area contributed by atoms with Crippen LogP contribution in [0.25, 0.3) is 0 Å². The van der Waals surface area contributed by atoms with Crippen molar-refractivity contribution in [1.29, 1.82) is 0 Å². The Morgan fingerprint density at radius 3 is 2.40 bits per heavy atom. The number of carboxylic acid groups (broad SMARTS) is 1. The zero-order chi connectivity index (χ0) is 14.1. The van der Waals surface area contributed by atoms with Gasteiger partial charge in [0.05, 0.1) is 5.92 Å². The zero-order valence-corrected chi connectivity index (χ0v) is 11.5. The summed E-state index contributed by atoms with van der Waals surface area (Å²) in [6.07, 6.45) is 6.64. The van der Waals surface area contributed by atoms with Gasteiger partial charge in [-0.3, -0.25) is 9.59 Å². The van der Waals surface area contributed by atoms with E-state index in [-0.39, 0.29) is 11.8 Å². The molecule has 5 nitrogen and oxygen atoms in total. The van der Waals surface area contributed by atoms with Crippen molar-refractivity contribution in [2.45, 2.75) is 38.1 Å². The van der Waals surface area contributed by atoms with Crippen LogP contribution < -0.4 is 0 Å². The molecule has 2 aliphatic rings. The van der Waals surface area contributed by atoms with Crippen molar-refractivity contribution < 1.29 is 14.7 Å². The lowest BCUT2D eigenvalue weighted by atomic mass is 9.92. The molecule has 108 valence electrons. The molecule has 2 heterocycles. The van der Waals surface area contributed by atoms with E-state index in [9.17, 15) is 9.59 Å². The number of carbonyl (C=O) groups excluding carboxylic acids is 1. The van der Waals surface area contributed by atoms with Crippen molar-refractivity contribution in [3.63, 3.8) is 0 Å². The first-order chi connectivity index (χ1) is 9.66. The van der Waals surface area contributed by atoms with Crippen molar-refractivity contribution in [2.75, 3.05) is 13.1 Å². The summed E-state index contributed by atoms with van der Waals surface area (Å²) in [5, 5.41) is 9.00. The second-order valence-electron chi connectivity index (χ2n) is 5.79. The minimum absolute atomic E-state index is 0.0470. The first-order valence-corrected chi connectivity index (χ1v) is 7.35. The summed E-state index contributed by atoms with van der Waals surface area (Å²) < 4.78 is 2.09. The van der Waals surface area contributed by atoms with E-state index in [1.54, 1.807) is 4.90 Å². The molecular formula is C15H20N2O3. The van der Waals surface area contributed by atoms with Crippen LogP contribution in [0.2, 0.25) is 0 Å². The summed E-state index contributed by atoms with van der Waals surface area (Å²) in [6, 6.07) is 4.28. The van der Waals surface area contributed by atoms with Crippen molar-refractivity contribution >= 4 is 11.9 Å². The Labute approximate surface area is 118 Å². The lowest BCUT2D eigenvalue weighted by Crippen LogP contribution is -2.41. The van der Waals surface area contributed by atoms with E-state index in [0.717, 1.165) is 18.5 Å². The SMILES string of the molecule is O=C(O)C1CCN(C(=O)c2cccn2C2CCC2)CC1. The largest absolute Gasteiger partial charge is 0.481 e. The topological polar surface area (TPSA) is 62.5 Å². The minimum atomic E-state index is -0.741. The van der Waals surface area contributed by atoms with Crippen LogP contribution in [0.1, 0.15) is 48.6 Å². The van der Waals surface area contributed by atoms with E-state index < -0.39 is 5.97 Å². The molecule has 0 aromatic carbocycles. The predicted octanol–water partition coefficient (Wildman–Crippen LogP) is 2.15. The normalized spacial score (nSPS) is 20.7. The summed E-state index contributed by atoms with van der Waals surface area (Å²) in [5.74, 6) is -0.988. The molecule has 1 amide bonds. The number of nitrogens with zero attached hydrogens (tertiary/aromatic N) is 2. The number of likely N-dealkylation sites (tertiary alicyclic amines) is 1. The first-order valence-electron chi connectivity index (χ1n) is 7.35. The number of carboxylic acids is 1. The maximum absolute atomic E-state index is 12.6. The first kappa shape index (κ1) is 13.2. The molecule has 1 saturated carbocycles. The molecule has 0 unspecified atom stereocenters. The summed E-state index contributed by atoms with van der Waals surface area (Å²) >= 11 is 0. The van der Waals surface area contributed by atoms with Gasteiger partial charge in [0.1, 0.15) is 5.69 Å². The van der Waals surface area contributed by atoms with Gasteiger partial charge in [-0.2, -0.15) is 0 Å². The minimum Gasteiger partial charge on any atom is -0.481 e. The Kier molecular flexibility index (Phi) is 3.51. The van der Waals surface area contributed by atoms with Gasteiger partial charge in [-0.1, -0.05) is 0 Å². The van der Waals surface area contributed by atoms with E-state index >= 15 is 0 Å². The standard InChI is InChI=1S/C15H20N2O3/c18-14(16-9-6-11(7-10-16)15(19)20)13-5-2-8-17(13)12-3-1-4-12/h2,5,8,11-12H,1,3-4,6-7,9-10H2,(H,19,20). The van der Waals surface area contributed by atoms with E-state index in [2.05, 4.69) is 4.57 Å². The molecule has 1 N–H and O–H groups in total. The molecule has 1 saturated heterocycles. The number of carbonyl (C=O) groups is 2. The van der Waals surface area contributed by atoms with Gasteiger partial charge in [-0.25, -0.2) is 0 Å². The van der Waals surface area contributed by atoms with Gasteiger partial charge < -0.3 is 14.6 Å². The quantitative estimate of drug-likeness (QED) is 0.920. The van der Waals surface area contributed by atoms with Gasteiger partial charge in [0, 0.05) is 25.3 Å². The van der Waals surface area contributed by atoms with E-state index in [1.807, 2.05) is 18.3 Å². The molecule has 1 aromatic heterocycles. The Morgan fingerprint density at radius 2 is 1.85 bits per heavy atom. The van der Waals surface area contributed by atoms with Crippen LogP contribution in [0, 0.1) is 5.92 Å². The van der Waals surface area contributed by atoms with Crippen LogP contribution in [0.5, 0.6) is 0 Å². The Balaban J connectivity index is 1.68. The van der Waals surface area contributed by atoms with Gasteiger partial charge in [0.2, 0.25) is 0 Å². The fourth-order valence-electron chi connectivity index (χ4n) is 3.05. The van der Waals surface area contributed by atoms with Crippen LogP contribution in [-0.4, -0.2) is 39.5 Å². The Bertz CT molecular complexity index is 511. The Morgan fingerprint density at radius 1 is 1.15 bits per heavy atom. The third kappa shape index (κ3) is 2.32. The van der Waals surface area contributed by atoms with Gasteiger partial charge in [0.15, 0.2) is 0 Å². The second kappa shape index (κ2) is 5.31. The summed E-state index contributed by atoms with van der Waals surface area (Å²) in [6.45, 7) is 1.09. The van der Waals surface area contributed by atoms with E-state index in [4.69, 9.17) is 5.11 Å². The molecule has 0 atom stereocenters. The highest BCUT2D eigenvalue weighted by molar-refractivity contribution is 5.93. The van der Waals surface area contributed by atoms with Crippen LogP contribution in [0.4, 0.5) is 0 Å². The molecular weight excluding hydrogens is 256 g/mol. The third-order valence-corrected chi connectivity index (χ3v) is 4.60. The molecule has 2 fully saturated rings. The number of amides is 1. The maximum atomic E-state index is 12.6. The van der Waals surface area contributed by atoms with Crippen LogP contribution >= 0.6 is 0 Å². The molecule has 0 bridgehead atoms. The van der Waals surface area contributed by atoms with Gasteiger partial charge >= 0.3 is 5.97 Å². The van der Waals surface area contributed by atoms with E-state index in [1.165, 1.54) is 6.42 Å². The van der Waals surface area contributed by atoms with Crippen molar-refractivity contribution in [3.05, 3.63) is 24.0 Å². The molecule has 1 aromatic rings. The van der Waals surface area contributed by atoms with Gasteiger partial charge in [-0.15, -0.1) is 0 Å². The van der Waals surface area contributed by atoms with Crippen LogP contribution in [-0.2, 0) is 4.79 Å². The molecule has 5 heteroatoms. The lowest BCUT2D eigenvalue weighted by Gasteiger charge is -2.33. The number of rotatable bonds is 3. The fourth-order valence-corrected chi connectivity index (χ4v) is 3.05. The number of aromatic nitrogens is 1. The number of piperidine rings is 1. The molecule has 0 spiro atoms. The maximum Gasteiger partial charge on any atom is 0.306 e. The molecule has 20 heavy (non-hydrogen) atoms. The predicted molar refractivity (Wildman–Crippen MR) is 73.6 cm³/mol.